The molecule has 0 radical (unpaired) electrons. The summed E-state index contributed by atoms with van der Waals surface area (Å²) in [6.07, 6.45) is 4.19. The number of rotatable bonds is 8. The maximum atomic E-state index is 13.5. The van der Waals surface area contributed by atoms with Crippen LogP contribution in [-0.2, 0) is 24.3 Å². The van der Waals surface area contributed by atoms with Gasteiger partial charge in [0, 0.05) is 47.3 Å². The summed E-state index contributed by atoms with van der Waals surface area (Å²) < 4.78 is 8.04. The molecule has 174 valence electrons. The summed E-state index contributed by atoms with van der Waals surface area (Å²) in [4.78, 5) is 28.9. The fraction of sp³-hybridized carbons (Fsp3) is 0.200. The Hall–Kier alpha value is -3.56. The first-order chi connectivity index (χ1) is 16.4. The highest BCUT2D eigenvalue weighted by molar-refractivity contribution is 9.10. The Labute approximate surface area is 204 Å². The van der Waals surface area contributed by atoms with Gasteiger partial charge in [-0.2, -0.15) is 5.10 Å². The Morgan fingerprint density at radius 3 is 2.56 bits per heavy atom. The van der Waals surface area contributed by atoms with Crippen LogP contribution in [0.15, 0.2) is 59.3 Å². The molecule has 0 spiro atoms. The smallest absolute Gasteiger partial charge is 0.335 e. The van der Waals surface area contributed by atoms with Crippen LogP contribution in [0.3, 0.4) is 0 Å². The van der Waals surface area contributed by atoms with Gasteiger partial charge in [0.05, 0.1) is 23.3 Å². The van der Waals surface area contributed by atoms with E-state index in [-0.39, 0.29) is 24.6 Å². The molecule has 0 aliphatic heterocycles. The molecular formula is C25H23BrN4O4. The van der Waals surface area contributed by atoms with Gasteiger partial charge in [-0.1, -0.05) is 19.1 Å². The second-order valence-corrected chi connectivity index (χ2v) is 8.60. The molecule has 0 aliphatic rings. The number of ether oxygens (including phenoxy) is 1. The molecule has 3 aromatic heterocycles. The van der Waals surface area contributed by atoms with Crippen LogP contribution in [-0.4, -0.2) is 38.7 Å². The maximum absolute atomic E-state index is 13.5. The summed E-state index contributed by atoms with van der Waals surface area (Å²) in [6.45, 7) is 2.44. The number of aromatic carboxylic acids is 1. The number of benzene rings is 1. The van der Waals surface area contributed by atoms with Crippen molar-refractivity contribution < 1.29 is 19.4 Å². The van der Waals surface area contributed by atoms with Gasteiger partial charge >= 0.3 is 5.97 Å². The van der Waals surface area contributed by atoms with Gasteiger partial charge in [-0.25, -0.2) is 9.31 Å². The average Bonchev–Trinajstić information content (AvgIpc) is 3.24. The lowest BCUT2D eigenvalue weighted by Crippen LogP contribution is -2.26. The quantitative estimate of drug-likeness (QED) is 0.353. The van der Waals surface area contributed by atoms with Crippen molar-refractivity contribution in [1.29, 1.82) is 0 Å². The van der Waals surface area contributed by atoms with Crippen molar-refractivity contribution in [3.8, 4) is 11.1 Å². The number of pyridine rings is 1. The monoisotopic (exact) mass is 522 g/mol. The highest BCUT2D eigenvalue weighted by atomic mass is 79.9. The molecule has 0 fully saturated rings. The van der Waals surface area contributed by atoms with E-state index in [2.05, 4.69) is 33.2 Å². The number of carbonyl (C=O) groups excluding carboxylic acids is 1. The number of fused-ring (bicyclic) bond motifs is 1. The van der Waals surface area contributed by atoms with Gasteiger partial charge in [-0.05, 0) is 58.2 Å². The molecule has 34 heavy (non-hydrogen) atoms. The number of carboxylic acid groups (broad SMARTS) is 1. The third kappa shape index (κ3) is 4.71. The van der Waals surface area contributed by atoms with E-state index >= 15 is 0 Å². The van der Waals surface area contributed by atoms with Crippen molar-refractivity contribution in [2.75, 3.05) is 7.11 Å². The number of hydrogen-bond donors (Lipinski definition) is 2. The van der Waals surface area contributed by atoms with E-state index < -0.39 is 5.97 Å². The van der Waals surface area contributed by atoms with Crippen molar-refractivity contribution in [2.45, 2.75) is 26.5 Å². The maximum Gasteiger partial charge on any atom is 0.335 e. The van der Waals surface area contributed by atoms with Crippen molar-refractivity contribution in [1.82, 2.24) is 19.9 Å². The zero-order chi connectivity index (χ0) is 24.2. The molecule has 0 atom stereocenters. The number of methoxy groups -OCH3 is 1. The van der Waals surface area contributed by atoms with Gasteiger partial charge in [0.15, 0.2) is 0 Å². The summed E-state index contributed by atoms with van der Waals surface area (Å²) in [5.74, 6) is -1.30. The summed E-state index contributed by atoms with van der Waals surface area (Å²) in [6, 6.07) is 12.3. The van der Waals surface area contributed by atoms with E-state index in [9.17, 15) is 9.59 Å². The molecule has 0 saturated heterocycles. The topological polar surface area (TPSA) is 106 Å². The first-order valence-electron chi connectivity index (χ1n) is 10.7. The average molecular weight is 523 g/mol. The number of aromatic nitrogens is 3. The second-order valence-electron chi connectivity index (χ2n) is 7.68. The summed E-state index contributed by atoms with van der Waals surface area (Å²) in [5.41, 5.74) is 5.20. The van der Waals surface area contributed by atoms with Gasteiger partial charge in [-0.15, -0.1) is 0 Å². The normalized spacial score (nSPS) is 11.0. The van der Waals surface area contributed by atoms with Gasteiger partial charge in [0.25, 0.3) is 5.91 Å². The minimum atomic E-state index is -0.995. The van der Waals surface area contributed by atoms with Gasteiger partial charge in [0.1, 0.15) is 5.69 Å². The Morgan fingerprint density at radius 1 is 1.15 bits per heavy atom. The highest BCUT2D eigenvalue weighted by Gasteiger charge is 2.24. The van der Waals surface area contributed by atoms with Crippen LogP contribution in [0, 0.1) is 0 Å². The molecule has 2 N–H and O–H groups in total. The Morgan fingerprint density at radius 2 is 1.91 bits per heavy atom. The minimum absolute atomic E-state index is 0.155. The molecule has 4 aromatic rings. The number of aryl methyl sites for hydroxylation is 1. The molecule has 1 amide bonds. The van der Waals surface area contributed by atoms with Crippen molar-refractivity contribution in [3.05, 3.63) is 87.4 Å². The summed E-state index contributed by atoms with van der Waals surface area (Å²) in [7, 11) is 1.56. The first-order valence-corrected chi connectivity index (χ1v) is 11.5. The number of nitrogens with one attached hydrogen (secondary N) is 1. The Balaban J connectivity index is 1.80. The lowest BCUT2D eigenvalue weighted by molar-refractivity contribution is 0.0696. The SMILES string of the molecule is CCc1ccc2c(-c3cncc(Br)c3)c(C(=O)NCc3ccc(C(=O)O)cc3)c(COC)nn12. The van der Waals surface area contributed by atoms with Crippen LogP contribution in [0.4, 0.5) is 0 Å². The minimum Gasteiger partial charge on any atom is -0.478 e. The van der Waals surface area contributed by atoms with Crippen LogP contribution in [0.5, 0.6) is 0 Å². The fourth-order valence-corrected chi connectivity index (χ4v) is 4.21. The van der Waals surface area contributed by atoms with Crippen molar-refractivity contribution in [3.63, 3.8) is 0 Å². The van der Waals surface area contributed by atoms with Crippen LogP contribution in [0.25, 0.3) is 16.6 Å². The largest absolute Gasteiger partial charge is 0.478 e. The van der Waals surface area contributed by atoms with Crippen LogP contribution >= 0.6 is 15.9 Å². The molecule has 3 heterocycles. The summed E-state index contributed by atoms with van der Waals surface area (Å²) in [5, 5.41) is 16.8. The number of carbonyl (C=O) groups is 2. The molecule has 0 saturated carbocycles. The van der Waals surface area contributed by atoms with E-state index in [1.54, 1.807) is 31.6 Å². The number of halogens is 1. The molecular weight excluding hydrogens is 500 g/mol. The van der Waals surface area contributed by atoms with E-state index in [0.29, 0.717) is 16.8 Å². The Kier molecular flexibility index (Phi) is 7.04. The number of amides is 1. The molecule has 0 unspecified atom stereocenters. The molecule has 1 aromatic carbocycles. The van der Waals surface area contributed by atoms with Gasteiger partial charge < -0.3 is 15.2 Å². The van der Waals surface area contributed by atoms with E-state index in [1.165, 1.54) is 12.1 Å². The standard InChI is InChI=1S/C25H23BrN4O4/c1-3-19-8-9-21-22(17-10-18(26)13-27-12-17)23(20(14-34-2)29-30(19)21)24(31)28-11-15-4-6-16(7-5-15)25(32)33/h4-10,12-13H,3,11,14H2,1-2H3,(H,28,31)(H,32,33). The van der Waals surface area contributed by atoms with Crippen molar-refractivity contribution >= 4 is 33.3 Å². The number of nitrogens with zero attached hydrogens (tertiary/aromatic N) is 3. The predicted molar refractivity (Wildman–Crippen MR) is 131 cm³/mol. The molecule has 4 rings (SSSR count). The molecule has 0 aliphatic carbocycles. The second kappa shape index (κ2) is 10.1. The van der Waals surface area contributed by atoms with Crippen LogP contribution in [0.1, 0.15) is 44.6 Å². The van der Waals surface area contributed by atoms with Gasteiger partial charge in [0.2, 0.25) is 0 Å². The molecule has 0 bridgehead atoms. The zero-order valence-electron chi connectivity index (χ0n) is 18.7. The number of hydrogen-bond acceptors (Lipinski definition) is 5. The zero-order valence-corrected chi connectivity index (χ0v) is 20.3. The lowest BCUT2D eigenvalue weighted by atomic mass is 9.99. The predicted octanol–water partition coefficient (Wildman–Crippen LogP) is 4.50. The molecule has 8 nitrogen and oxygen atoms in total. The van der Waals surface area contributed by atoms with E-state index in [0.717, 1.165) is 33.2 Å². The first kappa shape index (κ1) is 23.6. The third-order valence-electron chi connectivity index (χ3n) is 5.47. The number of carboxylic acids is 1. The Bertz CT molecular complexity index is 1370. The highest BCUT2D eigenvalue weighted by Crippen LogP contribution is 2.33. The van der Waals surface area contributed by atoms with E-state index in [4.69, 9.17) is 14.9 Å². The summed E-state index contributed by atoms with van der Waals surface area (Å²) >= 11 is 3.48. The van der Waals surface area contributed by atoms with Crippen LogP contribution < -0.4 is 5.32 Å². The molecule has 9 heteroatoms. The van der Waals surface area contributed by atoms with Crippen LogP contribution in [0.2, 0.25) is 0 Å². The fourth-order valence-electron chi connectivity index (χ4n) is 3.85. The third-order valence-corrected chi connectivity index (χ3v) is 5.90. The van der Waals surface area contributed by atoms with Gasteiger partial charge in [-0.3, -0.25) is 9.78 Å². The van der Waals surface area contributed by atoms with E-state index in [1.807, 2.05) is 22.7 Å². The lowest BCUT2D eigenvalue weighted by Gasteiger charge is -2.17. The van der Waals surface area contributed by atoms with Crippen molar-refractivity contribution in [2.24, 2.45) is 0 Å².